The van der Waals surface area contributed by atoms with Crippen molar-refractivity contribution in [1.82, 2.24) is 19.7 Å². The first-order chi connectivity index (χ1) is 23.6. The number of fused-ring (bicyclic) bond motifs is 3. The number of hydrogen-bond acceptors (Lipinski definition) is 7. The summed E-state index contributed by atoms with van der Waals surface area (Å²) in [6, 6.07) is 8.59. The second kappa shape index (κ2) is 13.6. The molecule has 2 amide bonds. The van der Waals surface area contributed by atoms with E-state index in [4.69, 9.17) is 26.1 Å². The van der Waals surface area contributed by atoms with Crippen LogP contribution in [0.3, 0.4) is 0 Å². The third-order valence-electron chi connectivity index (χ3n) is 11.9. The largest absolute Gasteiger partial charge is 0.495 e. The lowest BCUT2D eigenvalue weighted by molar-refractivity contribution is -0.121. The number of rotatable bonds is 9. The van der Waals surface area contributed by atoms with Crippen LogP contribution in [-0.2, 0) is 21.4 Å². The number of aliphatic hydroxyl groups is 1. The Morgan fingerprint density at radius 2 is 1.78 bits per heavy atom. The maximum atomic E-state index is 13.8. The molecule has 1 saturated heterocycles. The molecule has 0 atom stereocenters. The first-order valence-corrected chi connectivity index (χ1v) is 18.3. The lowest BCUT2D eigenvalue weighted by Gasteiger charge is -2.54. The molecule has 11 heteroatoms. The number of benzene rings is 1. The zero-order chi connectivity index (χ0) is 34.3. The van der Waals surface area contributed by atoms with Crippen LogP contribution in [0.5, 0.6) is 5.75 Å². The summed E-state index contributed by atoms with van der Waals surface area (Å²) < 4.78 is 13.1. The van der Waals surface area contributed by atoms with Gasteiger partial charge in [-0.25, -0.2) is 9.78 Å². The summed E-state index contributed by atoms with van der Waals surface area (Å²) >= 11 is 6.58. The molecular formula is C38H48ClN5O5. The average Bonchev–Trinajstić information content (AvgIpc) is 3.59. The topological polar surface area (TPSA) is 119 Å². The summed E-state index contributed by atoms with van der Waals surface area (Å²) in [6.45, 7) is 4.88. The van der Waals surface area contributed by atoms with E-state index < -0.39 is 6.10 Å². The Balaban J connectivity index is 1.08. The number of nitrogens with zero attached hydrogens (tertiary/aromatic N) is 4. The highest BCUT2D eigenvalue weighted by atomic mass is 35.5. The zero-order valence-corrected chi connectivity index (χ0v) is 29.5. The molecule has 1 aromatic carbocycles. The molecule has 2 N–H and O–H groups in total. The van der Waals surface area contributed by atoms with Crippen LogP contribution in [0.2, 0.25) is 5.02 Å². The SMILES string of the molecule is COc1ccc(C23CCC(Cc4c(-c5cnn(C(C)C)c5)ccnc4NC(=O)C4CCC(OC(=O)N5CC(O)C5)CC4)(CC2)CC3)cc1Cl. The number of β-amino-alcohol motifs (C(OH)–C–C–N with tert-alkyl or cyclic N) is 1. The number of aromatic nitrogens is 3. The predicted octanol–water partition coefficient (Wildman–Crippen LogP) is 7.33. The van der Waals surface area contributed by atoms with Crippen molar-refractivity contribution in [1.29, 1.82) is 0 Å². The van der Waals surface area contributed by atoms with Crippen molar-refractivity contribution >= 4 is 29.4 Å². The van der Waals surface area contributed by atoms with Gasteiger partial charge < -0.3 is 24.8 Å². The van der Waals surface area contributed by atoms with Crippen molar-refractivity contribution in [3.05, 3.63) is 59.0 Å². The minimum absolute atomic E-state index is 0.0281. The number of aliphatic hydroxyl groups excluding tert-OH is 1. The van der Waals surface area contributed by atoms with Crippen LogP contribution in [0.25, 0.3) is 11.1 Å². The molecule has 0 spiro atoms. The summed E-state index contributed by atoms with van der Waals surface area (Å²) in [4.78, 5) is 32.4. The van der Waals surface area contributed by atoms with Crippen LogP contribution in [-0.4, -0.2) is 69.2 Å². The fourth-order valence-electron chi connectivity index (χ4n) is 8.62. The fraction of sp³-hybridized carbons (Fsp3) is 0.579. The van der Waals surface area contributed by atoms with Crippen LogP contribution in [0.15, 0.2) is 42.9 Å². The monoisotopic (exact) mass is 689 g/mol. The number of pyridine rings is 1. The van der Waals surface area contributed by atoms with Gasteiger partial charge in [-0.05, 0) is 125 Å². The molecule has 3 heterocycles. The Bertz CT molecular complexity index is 1670. The Morgan fingerprint density at radius 3 is 2.39 bits per heavy atom. The minimum Gasteiger partial charge on any atom is -0.495 e. The Morgan fingerprint density at radius 1 is 1.06 bits per heavy atom. The lowest BCUT2D eigenvalue weighted by Crippen LogP contribution is -2.54. The van der Waals surface area contributed by atoms with Gasteiger partial charge in [0.05, 0.1) is 37.5 Å². The van der Waals surface area contributed by atoms with Gasteiger partial charge in [0.25, 0.3) is 0 Å². The van der Waals surface area contributed by atoms with Crippen LogP contribution in [0, 0.1) is 11.3 Å². The number of likely N-dealkylation sites (tertiary alicyclic amines) is 1. The molecule has 3 aromatic rings. The molecule has 49 heavy (non-hydrogen) atoms. The van der Waals surface area contributed by atoms with E-state index in [2.05, 4.69) is 48.7 Å². The van der Waals surface area contributed by atoms with E-state index in [0.717, 1.165) is 61.6 Å². The maximum Gasteiger partial charge on any atom is 0.410 e. The second-order valence-electron chi connectivity index (χ2n) is 15.2. The van der Waals surface area contributed by atoms with Crippen molar-refractivity contribution < 1.29 is 24.2 Å². The number of methoxy groups -OCH3 is 1. The number of ether oxygens (including phenoxy) is 2. The fourth-order valence-corrected chi connectivity index (χ4v) is 8.88. The number of nitrogens with one attached hydrogen (secondary N) is 1. The van der Waals surface area contributed by atoms with Crippen molar-refractivity contribution in [2.75, 3.05) is 25.5 Å². The summed E-state index contributed by atoms with van der Waals surface area (Å²) in [5, 5.41) is 18.1. The van der Waals surface area contributed by atoms with Crippen LogP contribution in [0.4, 0.5) is 10.6 Å². The molecule has 0 radical (unpaired) electrons. The van der Waals surface area contributed by atoms with E-state index in [1.165, 1.54) is 10.5 Å². The predicted molar refractivity (Wildman–Crippen MR) is 188 cm³/mol. The van der Waals surface area contributed by atoms with Gasteiger partial charge in [0.15, 0.2) is 0 Å². The molecule has 4 saturated carbocycles. The van der Waals surface area contributed by atoms with Gasteiger partial charge >= 0.3 is 6.09 Å². The standard InChI is InChI=1S/C38H48ClN5O5/c1-24(2)44-21-26(20-41-44)30-10-17-40-34(42-35(46)25-4-7-29(8-5-25)49-36(47)43-22-28(45)23-43)31(30)19-37-11-14-38(15-12-37,16-13-37)27-6-9-33(48-3)32(39)18-27/h6,9-10,17-18,20-21,24-25,28-29,45H,4-5,7-8,11-16,19,22-23H2,1-3H3,(H,40,42,46). The summed E-state index contributed by atoms with van der Waals surface area (Å²) in [6.07, 6.45) is 14.8. The van der Waals surface area contributed by atoms with Gasteiger partial charge in [-0.3, -0.25) is 9.48 Å². The van der Waals surface area contributed by atoms with E-state index in [9.17, 15) is 14.7 Å². The van der Waals surface area contributed by atoms with Gasteiger partial charge in [0, 0.05) is 35.5 Å². The van der Waals surface area contributed by atoms with E-state index in [-0.39, 0.29) is 40.9 Å². The molecule has 262 valence electrons. The Labute approximate surface area is 293 Å². The molecular weight excluding hydrogens is 642 g/mol. The molecule has 2 bridgehead atoms. The van der Waals surface area contributed by atoms with Gasteiger partial charge in [0.1, 0.15) is 17.7 Å². The molecule has 5 aliphatic rings. The van der Waals surface area contributed by atoms with Gasteiger partial charge in [-0.15, -0.1) is 0 Å². The quantitative estimate of drug-likeness (QED) is 0.241. The molecule has 10 nitrogen and oxygen atoms in total. The average molecular weight is 690 g/mol. The third-order valence-corrected chi connectivity index (χ3v) is 12.2. The normalized spacial score (nSPS) is 26.8. The number of hydrogen-bond donors (Lipinski definition) is 2. The van der Waals surface area contributed by atoms with Crippen molar-refractivity contribution in [2.24, 2.45) is 11.3 Å². The van der Waals surface area contributed by atoms with Gasteiger partial charge in [-0.2, -0.15) is 5.10 Å². The summed E-state index contributed by atoms with van der Waals surface area (Å²) in [5.74, 6) is 1.15. The van der Waals surface area contributed by atoms with E-state index in [1.54, 1.807) is 13.3 Å². The highest BCUT2D eigenvalue weighted by Crippen LogP contribution is 2.60. The van der Waals surface area contributed by atoms with Crippen LogP contribution < -0.4 is 10.1 Å². The Hall–Kier alpha value is -3.63. The van der Waals surface area contributed by atoms with Gasteiger partial charge in [0.2, 0.25) is 5.91 Å². The number of carbonyl (C=O) groups is 2. The Kier molecular flexibility index (Phi) is 9.39. The smallest absolute Gasteiger partial charge is 0.410 e. The number of halogens is 1. The molecule has 2 aromatic heterocycles. The molecule has 0 unspecified atom stereocenters. The number of amides is 2. The summed E-state index contributed by atoms with van der Waals surface area (Å²) in [5.41, 5.74) is 4.75. The van der Waals surface area contributed by atoms with Gasteiger partial charge in [-0.1, -0.05) is 17.7 Å². The highest BCUT2D eigenvalue weighted by Gasteiger charge is 2.50. The molecule has 5 fully saturated rings. The molecule has 1 aliphatic heterocycles. The van der Waals surface area contributed by atoms with E-state index in [0.29, 0.717) is 55.4 Å². The van der Waals surface area contributed by atoms with Crippen LogP contribution in [0.1, 0.15) is 95.2 Å². The molecule has 8 rings (SSSR count). The maximum absolute atomic E-state index is 13.8. The van der Waals surface area contributed by atoms with E-state index in [1.807, 2.05) is 16.9 Å². The minimum atomic E-state index is -0.460. The number of carbonyl (C=O) groups excluding carboxylic acids is 2. The van der Waals surface area contributed by atoms with Crippen molar-refractivity contribution in [3.8, 4) is 16.9 Å². The third kappa shape index (κ3) is 6.78. The van der Waals surface area contributed by atoms with Crippen molar-refractivity contribution in [2.45, 2.75) is 108 Å². The zero-order valence-electron chi connectivity index (χ0n) is 28.8. The first-order valence-electron chi connectivity index (χ1n) is 17.9. The lowest BCUT2D eigenvalue weighted by atomic mass is 9.50. The van der Waals surface area contributed by atoms with Crippen LogP contribution >= 0.6 is 11.6 Å². The van der Waals surface area contributed by atoms with Crippen molar-refractivity contribution in [3.63, 3.8) is 0 Å². The summed E-state index contributed by atoms with van der Waals surface area (Å²) in [7, 11) is 1.65. The molecule has 4 aliphatic carbocycles. The second-order valence-corrected chi connectivity index (χ2v) is 15.6. The first kappa shape index (κ1) is 33.8. The highest BCUT2D eigenvalue weighted by molar-refractivity contribution is 6.32. The van der Waals surface area contributed by atoms with E-state index >= 15 is 0 Å². The number of anilines is 1.